The highest BCUT2D eigenvalue weighted by molar-refractivity contribution is 5.94. The Morgan fingerprint density at radius 3 is 2.32 bits per heavy atom. The van der Waals surface area contributed by atoms with Crippen LogP contribution in [0.2, 0.25) is 0 Å². The van der Waals surface area contributed by atoms with Crippen molar-refractivity contribution in [1.29, 1.82) is 0 Å². The standard InChI is InChI=1S/C46H55N3O14/c1-43(2,3)60-34(53)17-15-30(24-50)48-32(51)18-19-47-42(56)46-22-31-35-36(62-45(61-35)20-28-8-6-7-9-29(28)21-45)38(46)63-49(37(46)40(54)58-31)23-27-12-10-26(11-13-27)14-16-33(52)59-39-41(55)57-25-44(39,4)5/h6-14,16,30-31,35-39,50H,15,17-25H2,1-5H3,(H,47,56)(H,48,51). The van der Waals surface area contributed by atoms with Crippen molar-refractivity contribution in [3.63, 3.8) is 0 Å². The highest BCUT2D eigenvalue weighted by Gasteiger charge is 2.76. The zero-order chi connectivity index (χ0) is 44.9. The lowest BCUT2D eigenvalue weighted by Gasteiger charge is -2.48. The van der Waals surface area contributed by atoms with Gasteiger partial charge >= 0.3 is 23.9 Å². The van der Waals surface area contributed by atoms with Crippen LogP contribution in [0.3, 0.4) is 0 Å². The second kappa shape index (κ2) is 17.1. The van der Waals surface area contributed by atoms with Crippen LogP contribution in [0.15, 0.2) is 54.6 Å². The predicted molar refractivity (Wildman–Crippen MR) is 219 cm³/mol. The van der Waals surface area contributed by atoms with Crippen molar-refractivity contribution < 1.29 is 67.1 Å². The van der Waals surface area contributed by atoms with Gasteiger partial charge in [0.15, 0.2) is 11.8 Å². The summed E-state index contributed by atoms with van der Waals surface area (Å²) in [6.07, 6.45) is -0.428. The van der Waals surface area contributed by atoms with Gasteiger partial charge < -0.3 is 44.2 Å². The first kappa shape index (κ1) is 44.4. The normalized spacial score (nSPS) is 29.1. The molecular formula is C46H55N3O14. The molecule has 2 amide bonds. The summed E-state index contributed by atoms with van der Waals surface area (Å²) in [5, 5.41) is 17.0. The number of rotatable bonds is 14. The molecule has 0 aromatic heterocycles. The second-order valence-electron chi connectivity index (χ2n) is 19.0. The van der Waals surface area contributed by atoms with Crippen LogP contribution >= 0.6 is 0 Å². The number of carbonyl (C=O) groups is 6. The smallest absolute Gasteiger partial charge is 0.348 e. The Morgan fingerprint density at radius 1 is 0.968 bits per heavy atom. The van der Waals surface area contributed by atoms with Gasteiger partial charge in [-0.25, -0.2) is 9.59 Å². The number of carbonyl (C=O) groups excluding carboxylic acids is 6. The van der Waals surface area contributed by atoms with Crippen molar-refractivity contribution in [3.05, 3.63) is 76.9 Å². The van der Waals surface area contributed by atoms with Gasteiger partial charge in [0.2, 0.25) is 17.9 Å². The highest BCUT2D eigenvalue weighted by atomic mass is 16.8. The van der Waals surface area contributed by atoms with Gasteiger partial charge in [-0.2, -0.15) is 5.06 Å². The lowest BCUT2D eigenvalue weighted by Crippen LogP contribution is -2.69. The van der Waals surface area contributed by atoms with Gasteiger partial charge in [-0.05, 0) is 55.5 Å². The molecule has 0 radical (unpaired) electrons. The van der Waals surface area contributed by atoms with E-state index in [4.69, 9.17) is 33.3 Å². The molecule has 17 heteroatoms. The molecule has 1 saturated carbocycles. The maximum atomic E-state index is 14.7. The van der Waals surface area contributed by atoms with Crippen molar-refractivity contribution in [2.45, 2.75) is 134 Å². The number of amides is 2. The number of nitrogens with one attached hydrogen (secondary N) is 2. The van der Waals surface area contributed by atoms with Gasteiger partial charge in [0, 0.05) is 50.1 Å². The van der Waals surface area contributed by atoms with Crippen LogP contribution in [0.5, 0.6) is 0 Å². The van der Waals surface area contributed by atoms with Gasteiger partial charge in [0.1, 0.15) is 42.0 Å². The molecule has 4 saturated heterocycles. The van der Waals surface area contributed by atoms with Crippen molar-refractivity contribution in [1.82, 2.24) is 15.7 Å². The molecule has 2 aromatic rings. The zero-order valence-corrected chi connectivity index (χ0v) is 36.1. The molecule has 17 nitrogen and oxygen atoms in total. The topological polar surface area (TPSA) is 215 Å². The van der Waals surface area contributed by atoms with Crippen LogP contribution in [0, 0.1) is 10.8 Å². The van der Waals surface area contributed by atoms with E-state index >= 15 is 0 Å². The maximum Gasteiger partial charge on any atom is 0.348 e. The first-order valence-corrected chi connectivity index (χ1v) is 21.5. The average Bonchev–Trinajstić information content (AvgIpc) is 3.96. The molecule has 1 spiro atoms. The molecule has 4 aliphatic heterocycles. The SMILES string of the molecule is CC(C)(C)OC(=O)CCC(CO)NC(=O)CCNC(=O)C12CC3OC(=O)C1N(Cc1ccc(C=CC(=O)OC4C(=O)OCC4(C)C)cc1)OC2C1OC2(Cc4ccccc4C2)OC31. The number of nitrogens with zero attached hydrogens (tertiary/aromatic N) is 1. The highest BCUT2D eigenvalue weighted by Crippen LogP contribution is 2.58. The number of fused-ring (bicyclic) bond motifs is 5. The zero-order valence-electron chi connectivity index (χ0n) is 36.1. The summed E-state index contributed by atoms with van der Waals surface area (Å²) in [6, 6.07) is 13.2. The van der Waals surface area contributed by atoms with E-state index in [2.05, 4.69) is 10.6 Å². The fraction of sp³-hybridized carbons (Fsp3) is 0.565. The molecular weight excluding hydrogens is 819 g/mol. The van der Waals surface area contributed by atoms with Crippen molar-refractivity contribution >= 4 is 41.8 Å². The molecule has 8 atom stereocenters. The first-order chi connectivity index (χ1) is 29.9. The summed E-state index contributed by atoms with van der Waals surface area (Å²) in [5.74, 6) is -4.36. The predicted octanol–water partition coefficient (Wildman–Crippen LogP) is 2.38. The summed E-state index contributed by atoms with van der Waals surface area (Å²) in [6.45, 7) is 8.57. The first-order valence-electron chi connectivity index (χ1n) is 21.5. The van der Waals surface area contributed by atoms with Crippen LogP contribution in [-0.2, 0) is 81.4 Å². The number of benzene rings is 2. The van der Waals surface area contributed by atoms with Crippen LogP contribution in [0.1, 0.15) is 82.6 Å². The maximum absolute atomic E-state index is 14.7. The van der Waals surface area contributed by atoms with Gasteiger partial charge in [-0.1, -0.05) is 62.4 Å². The Kier molecular flexibility index (Phi) is 12.0. The van der Waals surface area contributed by atoms with Crippen molar-refractivity contribution in [2.75, 3.05) is 19.8 Å². The molecule has 2 bridgehead atoms. The lowest BCUT2D eigenvalue weighted by atomic mass is 9.62. The fourth-order valence-electron chi connectivity index (χ4n) is 9.58. The van der Waals surface area contributed by atoms with E-state index in [0.29, 0.717) is 18.4 Å². The summed E-state index contributed by atoms with van der Waals surface area (Å²) in [5.41, 5.74) is 0.759. The number of hydrogen-bond donors (Lipinski definition) is 3. The molecule has 3 N–H and O–H groups in total. The Hall–Kier alpha value is -5.20. The third-order valence-corrected chi connectivity index (χ3v) is 12.5. The number of hydroxylamine groups is 2. The van der Waals surface area contributed by atoms with Gasteiger partial charge in [0.25, 0.3) is 0 Å². The molecule has 8 unspecified atom stereocenters. The summed E-state index contributed by atoms with van der Waals surface area (Å²) in [7, 11) is 0. The third kappa shape index (κ3) is 8.98. The summed E-state index contributed by atoms with van der Waals surface area (Å²) >= 11 is 0. The second-order valence-corrected chi connectivity index (χ2v) is 19.0. The van der Waals surface area contributed by atoms with Crippen LogP contribution in [0.25, 0.3) is 6.08 Å². The number of esters is 4. The van der Waals surface area contributed by atoms with Crippen molar-refractivity contribution in [2.24, 2.45) is 10.8 Å². The van der Waals surface area contributed by atoms with Crippen LogP contribution in [0.4, 0.5) is 0 Å². The van der Waals surface area contributed by atoms with E-state index in [1.807, 2.05) is 24.3 Å². The Labute approximate surface area is 365 Å². The summed E-state index contributed by atoms with van der Waals surface area (Å²) < 4.78 is 35.4. The minimum absolute atomic E-state index is 0.00282. The van der Waals surface area contributed by atoms with Crippen LogP contribution < -0.4 is 10.6 Å². The molecule has 5 fully saturated rings. The average molecular weight is 874 g/mol. The number of aliphatic hydroxyl groups excluding tert-OH is 1. The van der Waals surface area contributed by atoms with E-state index in [1.54, 1.807) is 65.0 Å². The van der Waals surface area contributed by atoms with E-state index < -0.39 is 107 Å². The van der Waals surface area contributed by atoms with E-state index in [-0.39, 0.29) is 45.4 Å². The number of hydrogen-bond acceptors (Lipinski definition) is 15. The molecule has 2 aliphatic carbocycles. The van der Waals surface area contributed by atoms with E-state index in [1.165, 1.54) is 11.1 Å². The molecule has 4 heterocycles. The van der Waals surface area contributed by atoms with Gasteiger partial charge in [-0.3, -0.25) is 24.0 Å². The van der Waals surface area contributed by atoms with E-state index in [9.17, 15) is 33.9 Å². The molecule has 63 heavy (non-hydrogen) atoms. The molecule has 8 rings (SSSR count). The van der Waals surface area contributed by atoms with Crippen molar-refractivity contribution in [3.8, 4) is 0 Å². The number of ether oxygens (including phenoxy) is 6. The largest absolute Gasteiger partial charge is 0.462 e. The Bertz CT molecular complexity index is 2140. The van der Waals surface area contributed by atoms with Crippen LogP contribution in [-0.4, -0.2) is 120 Å². The molecule has 2 aromatic carbocycles. The van der Waals surface area contributed by atoms with E-state index in [0.717, 1.165) is 16.7 Å². The fourth-order valence-corrected chi connectivity index (χ4v) is 9.58. The van der Waals surface area contributed by atoms with Gasteiger partial charge in [-0.15, -0.1) is 0 Å². The number of cyclic esters (lactones) is 1. The number of aliphatic hydroxyl groups is 1. The minimum Gasteiger partial charge on any atom is -0.462 e. The third-order valence-electron chi connectivity index (χ3n) is 12.5. The summed E-state index contributed by atoms with van der Waals surface area (Å²) in [4.78, 5) is 85.4. The molecule has 338 valence electrons. The quantitative estimate of drug-likeness (QED) is 0.141. The van der Waals surface area contributed by atoms with Gasteiger partial charge in [0.05, 0.1) is 19.2 Å². The monoisotopic (exact) mass is 873 g/mol. The minimum atomic E-state index is -1.48. The lowest BCUT2D eigenvalue weighted by molar-refractivity contribution is -0.217. The Balaban J connectivity index is 0.967. The molecule has 6 aliphatic rings. The Morgan fingerprint density at radius 2 is 1.67 bits per heavy atom.